The number of rotatable bonds is 5. The summed E-state index contributed by atoms with van der Waals surface area (Å²) in [5.41, 5.74) is 6.38. The van der Waals surface area contributed by atoms with Gasteiger partial charge < -0.3 is 14.7 Å². The first-order valence-corrected chi connectivity index (χ1v) is 13.6. The van der Waals surface area contributed by atoms with Crippen LogP contribution in [0, 0.1) is 13.8 Å². The SMILES string of the molecule is CC(=O)N1c2ccc(C)cc2[C@@H](N(C(=O)CN2CCN(c3ccccc3)CC2)c2ccc(C)cc2)C[C@H]1C. The topological polar surface area (TPSA) is 47.1 Å². The summed E-state index contributed by atoms with van der Waals surface area (Å²) in [6.45, 7) is 11.7. The zero-order chi connectivity index (χ0) is 26.8. The zero-order valence-electron chi connectivity index (χ0n) is 22.9. The lowest BCUT2D eigenvalue weighted by Gasteiger charge is -2.44. The molecule has 5 rings (SSSR count). The minimum Gasteiger partial charge on any atom is -0.369 e. The lowest BCUT2D eigenvalue weighted by atomic mass is 9.88. The van der Waals surface area contributed by atoms with Crippen molar-refractivity contribution in [3.05, 3.63) is 89.5 Å². The smallest absolute Gasteiger partial charge is 0.241 e. The van der Waals surface area contributed by atoms with E-state index in [1.54, 1.807) is 6.92 Å². The van der Waals surface area contributed by atoms with Gasteiger partial charge in [0, 0.05) is 56.2 Å². The second-order valence-electron chi connectivity index (χ2n) is 10.7. The second-order valence-corrected chi connectivity index (χ2v) is 10.7. The lowest BCUT2D eigenvalue weighted by Crippen LogP contribution is -2.52. The molecule has 1 fully saturated rings. The molecular weight excluding hydrogens is 472 g/mol. The number of amides is 2. The maximum Gasteiger partial charge on any atom is 0.241 e. The van der Waals surface area contributed by atoms with Gasteiger partial charge in [0.2, 0.25) is 11.8 Å². The third-order valence-corrected chi connectivity index (χ3v) is 7.89. The van der Waals surface area contributed by atoms with Gasteiger partial charge in [-0.05, 0) is 63.1 Å². The normalized spacial score (nSPS) is 19.7. The van der Waals surface area contributed by atoms with Crippen molar-refractivity contribution in [1.82, 2.24) is 4.90 Å². The number of hydrogen-bond acceptors (Lipinski definition) is 4. The Kier molecular flexibility index (Phi) is 7.52. The van der Waals surface area contributed by atoms with Crippen molar-refractivity contribution in [2.45, 2.75) is 46.2 Å². The van der Waals surface area contributed by atoms with E-state index in [1.807, 2.05) is 28.0 Å². The number of anilines is 3. The first kappa shape index (κ1) is 26.0. The fourth-order valence-corrected chi connectivity index (χ4v) is 5.95. The third-order valence-electron chi connectivity index (χ3n) is 7.89. The van der Waals surface area contributed by atoms with Crippen LogP contribution in [0.2, 0.25) is 0 Å². The van der Waals surface area contributed by atoms with E-state index in [2.05, 4.69) is 85.2 Å². The summed E-state index contributed by atoms with van der Waals surface area (Å²) in [6.07, 6.45) is 0.692. The van der Waals surface area contributed by atoms with Gasteiger partial charge in [0.25, 0.3) is 0 Å². The van der Waals surface area contributed by atoms with Crippen LogP contribution in [-0.2, 0) is 9.59 Å². The molecule has 0 saturated carbocycles. The molecule has 1 saturated heterocycles. The summed E-state index contributed by atoms with van der Waals surface area (Å²) in [6, 6.07) is 24.8. The van der Waals surface area contributed by atoms with Crippen molar-refractivity contribution in [3.63, 3.8) is 0 Å². The van der Waals surface area contributed by atoms with Gasteiger partial charge in [-0.1, -0.05) is 53.6 Å². The molecule has 2 amide bonds. The van der Waals surface area contributed by atoms with Gasteiger partial charge in [0.05, 0.1) is 12.6 Å². The van der Waals surface area contributed by atoms with Crippen molar-refractivity contribution < 1.29 is 9.59 Å². The van der Waals surface area contributed by atoms with E-state index < -0.39 is 0 Å². The van der Waals surface area contributed by atoms with Crippen LogP contribution in [0.4, 0.5) is 17.1 Å². The summed E-state index contributed by atoms with van der Waals surface area (Å²) in [5.74, 6) is 0.133. The van der Waals surface area contributed by atoms with Crippen LogP contribution in [-0.4, -0.2) is 55.5 Å². The van der Waals surface area contributed by atoms with Crippen molar-refractivity contribution in [1.29, 1.82) is 0 Å². The van der Waals surface area contributed by atoms with Gasteiger partial charge in [0.1, 0.15) is 0 Å². The molecule has 2 aliphatic rings. The molecule has 6 nitrogen and oxygen atoms in total. The van der Waals surface area contributed by atoms with Gasteiger partial charge in [-0.3, -0.25) is 14.5 Å². The lowest BCUT2D eigenvalue weighted by molar-refractivity contribution is -0.120. The zero-order valence-corrected chi connectivity index (χ0v) is 22.9. The molecule has 38 heavy (non-hydrogen) atoms. The van der Waals surface area contributed by atoms with E-state index in [9.17, 15) is 9.59 Å². The van der Waals surface area contributed by atoms with E-state index in [4.69, 9.17) is 0 Å². The third kappa shape index (κ3) is 5.32. The molecule has 0 radical (unpaired) electrons. The highest BCUT2D eigenvalue weighted by atomic mass is 16.2. The number of hydrogen-bond donors (Lipinski definition) is 0. The van der Waals surface area contributed by atoms with Gasteiger partial charge >= 0.3 is 0 Å². The number of benzene rings is 3. The quantitative estimate of drug-likeness (QED) is 0.465. The molecule has 2 heterocycles. The molecule has 0 aromatic heterocycles. The minimum absolute atomic E-state index is 0.0112. The fraction of sp³-hybridized carbons (Fsp3) is 0.375. The molecule has 0 N–H and O–H groups in total. The molecule has 0 bridgehead atoms. The Morgan fingerprint density at radius 1 is 0.868 bits per heavy atom. The maximum atomic E-state index is 14.2. The van der Waals surface area contributed by atoms with Crippen LogP contribution < -0.4 is 14.7 Å². The summed E-state index contributed by atoms with van der Waals surface area (Å²) in [5, 5.41) is 0. The number of fused-ring (bicyclic) bond motifs is 1. The monoisotopic (exact) mass is 510 g/mol. The van der Waals surface area contributed by atoms with Gasteiger partial charge in [0.15, 0.2) is 0 Å². The van der Waals surface area contributed by atoms with Crippen LogP contribution >= 0.6 is 0 Å². The number of piperazine rings is 1. The summed E-state index contributed by atoms with van der Waals surface area (Å²) in [4.78, 5) is 35.3. The highest BCUT2D eigenvalue weighted by molar-refractivity contribution is 5.98. The molecule has 6 heteroatoms. The standard InChI is InChI=1S/C32H38N4O2/c1-23-10-13-28(14-11-23)36(31-21-25(3)35(26(4)37)30-15-12-24(2)20-29(30)31)32(38)22-33-16-18-34(19-17-33)27-8-6-5-7-9-27/h5-15,20,25,31H,16-19,21-22H2,1-4H3/t25-,31+/m1/s1. The molecule has 2 atom stereocenters. The first-order valence-electron chi connectivity index (χ1n) is 13.6. The van der Waals surface area contributed by atoms with Crippen molar-refractivity contribution in [2.24, 2.45) is 0 Å². The van der Waals surface area contributed by atoms with E-state index in [1.165, 1.54) is 5.69 Å². The molecule has 3 aromatic rings. The van der Waals surface area contributed by atoms with Crippen LogP contribution in [0.1, 0.15) is 43.0 Å². The Balaban J connectivity index is 1.43. The fourth-order valence-electron chi connectivity index (χ4n) is 5.95. The average molecular weight is 511 g/mol. The molecule has 0 aliphatic carbocycles. The Morgan fingerprint density at radius 3 is 2.18 bits per heavy atom. The number of para-hydroxylation sites is 1. The maximum absolute atomic E-state index is 14.2. The van der Waals surface area contributed by atoms with Crippen molar-refractivity contribution in [2.75, 3.05) is 47.4 Å². The number of aryl methyl sites for hydroxylation is 2. The summed E-state index contributed by atoms with van der Waals surface area (Å²) >= 11 is 0. The number of carbonyl (C=O) groups excluding carboxylic acids is 2. The van der Waals surface area contributed by atoms with Crippen LogP contribution in [0.5, 0.6) is 0 Å². The van der Waals surface area contributed by atoms with Crippen molar-refractivity contribution >= 4 is 28.9 Å². The Hall–Kier alpha value is -3.64. The van der Waals surface area contributed by atoms with E-state index in [0.29, 0.717) is 13.0 Å². The van der Waals surface area contributed by atoms with E-state index in [-0.39, 0.29) is 23.9 Å². The molecule has 198 valence electrons. The molecule has 2 aliphatic heterocycles. The van der Waals surface area contributed by atoms with Crippen LogP contribution in [0.3, 0.4) is 0 Å². The minimum atomic E-state index is -0.142. The van der Waals surface area contributed by atoms with Crippen LogP contribution in [0.15, 0.2) is 72.8 Å². The second kappa shape index (κ2) is 11.0. The summed E-state index contributed by atoms with van der Waals surface area (Å²) in [7, 11) is 0. The van der Waals surface area contributed by atoms with Gasteiger partial charge in [-0.2, -0.15) is 0 Å². The van der Waals surface area contributed by atoms with Gasteiger partial charge in [-0.15, -0.1) is 0 Å². The molecule has 3 aromatic carbocycles. The predicted octanol–water partition coefficient (Wildman–Crippen LogP) is 5.35. The Bertz CT molecular complexity index is 1280. The largest absolute Gasteiger partial charge is 0.369 e. The Morgan fingerprint density at radius 2 is 1.53 bits per heavy atom. The predicted molar refractivity (Wildman–Crippen MR) is 155 cm³/mol. The number of nitrogens with zero attached hydrogens (tertiary/aromatic N) is 4. The van der Waals surface area contributed by atoms with E-state index >= 15 is 0 Å². The Labute approximate surface area is 226 Å². The van der Waals surface area contributed by atoms with Crippen molar-refractivity contribution in [3.8, 4) is 0 Å². The number of carbonyl (C=O) groups is 2. The summed E-state index contributed by atoms with van der Waals surface area (Å²) < 4.78 is 0. The first-order chi connectivity index (χ1) is 18.3. The highest BCUT2D eigenvalue weighted by Crippen LogP contribution is 2.43. The molecular formula is C32H38N4O2. The highest BCUT2D eigenvalue weighted by Gasteiger charge is 2.38. The van der Waals surface area contributed by atoms with Gasteiger partial charge in [-0.25, -0.2) is 0 Å². The molecule has 0 spiro atoms. The molecule has 0 unspecified atom stereocenters. The van der Waals surface area contributed by atoms with E-state index in [0.717, 1.165) is 54.2 Å². The van der Waals surface area contributed by atoms with Crippen LogP contribution in [0.25, 0.3) is 0 Å². The average Bonchev–Trinajstić information content (AvgIpc) is 2.91.